The standard InChI is InChI=1S/C29H21Cl2N3O3S2/c1-17-7-10-19(11-8-17)25-24(23(35)14-9-18-5-3-2-4-6-18)26(36)27(37)34(25)28-32-33-29(39-28)38-16-20-12-13-21(30)15-22(20)31/h2-15,25,36H,16H2,1H3/b14-9+. The van der Waals surface area contributed by atoms with Crippen LogP contribution in [0, 0.1) is 6.92 Å². The fraction of sp³-hybridized carbons (Fsp3) is 0.103. The number of anilines is 1. The topological polar surface area (TPSA) is 83.4 Å². The Morgan fingerprint density at radius 1 is 1.08 bits per heavy atom. The molecule has 1 aliphatic rings. The Kier molecular flexibility index (Phi) is 8.18. The quantitative estimate of drug-likeness (QED) is 0.128. The lowest BCUT2D eigenvalue weighted by molar-refractivity contribution is -0.117. The first-order valence-electron chi connectivity index (χ1n) is 11.8. The molecule has 39 heavy (non-hydrogen) atoms. The number of ketones is 1. The van der Waals surface area contributed by atoms with Crippen LogP contribution in [0.3, 0.4) is 0 Å². The van der Waals surface area contributed by atoms with Crippen molar-refractivity contribution < 1.29 is 14.7 Å². The lowest BCUT2D eigenvalue weighted by Crippen LogP contribution is -2.30. The highest BCUT2D eigenvalue weighted by Gasteiger charge is 2.45. The van der Waals surface area contributed by atoms with E-state index in [0.29, 0.717) is 25.7 Å². The van der Waals surface area contributed by atoms with E-state index < -0.39 is 23.5 Å². The van der Waals surface area contributed by atoms with Gasteiger partial charge in [0.05, 0.1) is 11.6 Å². The van der Waals surface area contributed by atoms with Crippen molar-refractivity contribution in [3.8, 4) is 0 Å². The second-order valence-corrected chi connectivity index (χ2v) is 11.8. The molecule has 4 aromatic rings. The van der Waals surface area contributed by atoms with E-state index >= 15 is 0 Å². The minimum absolute atomic E-state index is 0.00613. The molecule has 1 amide bonds. The Labute approximate surface area is 243 Å². The summed E-state index contributed by atoms with van der Waals surface area (Å²) in [7, 11) is 0. The number of hydrogen-bond acceptors (Lipinski definition) is 7. The molecule has 1 aromatic heterocycles. The second kappa shape index (κ2) is 11.8. The van der Waals surface area contributed by atoms with Crippen molar-refractivity contribution in [2.45, 2.75) is 23.1 Å². The summed E-state index contributed by atoms with van der Waals surface area (Å²) in [4.78, 5) is 28.1. The number of allylic oxidation sites excluding steroid dienone is 1. The summed E-state index contributed by atoms with van der Waals surface area (Å²) in [6, 6.07) is 21.2. The molecule has 10 heteroatoms. The van der Waals surface area contributed by atoms with Gasteiger partial charge in [0.2, 0.25) is 5.13 Å². The average Bonchev–Trinajstić information content (AvgIpc) is 3.50. The maximum absolute atomic E-state index is 13.4. The van der Waals surface area contributed by atoms with E-state index in [9.17, 15) is 14.7 Å². The molecule has 0 spiro atoms. The molecule has 0 aliphatic carbocycles. The van der Waals surface area contributed by atoms with E-state index in [2.05, 4.69) is 10.2 Å². The smallest absolute Gasteiger partial charge is 0.296 e. The molecule has 5 rings (SSSR count). The van der Waals surface area contributed by atoms with Gasteiger partial charge in [-0.3, -0.25) is 14.5 Å². The van der Waals surface area contributed by atoms with Gasteiger partial charge in [0, 0.05) is 15.8 Å². The first-order chi connectivity index (χ1) is 18.8. The van der Waals surface area contributed by atoms with Gasteiger partial charge in [-0.1, -0.05) is 119 Å². The van der Waals surface area contributed by atoms with E-state index in [-0.39, 0.29) is 10.7 Å². The second-order valence-electron chi connectivity index (χ2n) is 8.73. The van der Waals surface area contributed by atoms with Crippen LogP contribution < -0.4 is 4.90 Å². The van der Waals surface area contributed by atoms with Crippen LogP contribution in [0.1, 0.15) is 28.3 Å². The monoisotopic (exact) mass is 593 g/mol. The highest BCUT2D eigenvalue weighted by atomic mass is 35.5. The molecule has 3 aromatic carbocycles. The minimum atomic E-state index is -0.859. The summed E-state index contributed by atoms with van der Waals surface area (Å²) in [6.45, 7) is 1.95. The van der Waals surface area contributed by atoms with Crippen molar-refractivity contribution in [3.05, 3.63) is 123 Å². The van der Waals surface area contributed by atoms with Crippen molar-refractivity contribution >= 4 is 69.2 Å². The van der Waals surface area contributed by atoms with Crippen LogP contribution in [0.4, 0.5) is 5.13 Å². The van der Waals surface area contributed by atoms with Crippen molar-refractivity contribution in [2.24, 2.45) is 0 Å². The third-order valence-corrected chi connectivity index (χ3v) is 8.75. The number of aromatic nitrogens is 2. The summed E-state index contributed by atoms with van der Waals surface area (Å²) in [5.74, 6) is -1.24. The van der Waals surface area contributed by atoms with Crippen molar-refractivity contribution in [1.29, 1.82) is 0 Å². The Balaban J connectivity index is 1.45. The van der Waals surface area contributed by atoms with E-state index in [1.807, 2.05) is 67.6 Å². The third-order valence-electron chi connectivity index (χ3n) is 6.06. The minimum Gasteiger partial charge on any atom is -0.503 e. The summed E-state index contributed by atoms with van der Waals surface area (Å²) in [6.07, 6.45) is 3.03. The van der Waals surface area contributed by atoms with Crippen LogP contribution in [-0.4, -0.2) is 27.0 Å². The predicted octanol–water partition coefficient (Wildman–Crippen LogP) is 7.63. The highest BCUT2D eigenvalue weighted by molar-refractivity contribution is 8.00. The van der Waals surface area contributed by atoms with Gasteiger partial charge < -0.3 is 5.11 Å². The number of amides is 1. The van der Waals surface area contributed by atoms with Crippen LogP contribution >= 0.6 is 46.3 Å². The van der Waals surface area contributed by atoms with Crippen molar-refractivity contribution in [1.82, 2.24) is 10.2 Å². The number of aliphatic hydroxyl groups excluding tert-OH is 1. The molecule has 0 saturated carbocycles. The van der Waals surface area contributed by atoms with Gasteiger partial charge in [-0.15, -0.1) is 10.2 Å². The largest absolute Gasteiger partial charge is 0.503 e. The molecule has 1 aliphatic heterocycles. The summed E-state index contributed by atoms with van der Waals surface area (Å²) in [5.41, 5.74) is 3.40. The highest BCUT2D eigenvalue weighted by Crippen LogP contribution is 2.43. The summed E-state index contributed by atoms with van der Waals surface area (Å²) < 4.78 is 0.606. The molecular formula is C29H21Cl2N3O3S2. The molecule has 2 heterocycles. The van der Waals surface area contributed by atoms with Gasteiger partial charge in [0.25, 0.3) is 5.91 Å². The molecule has 0 radical (unpaired) electrons. The maximum atomic E-state index is 13.4. The molecule has 1 atom stereocenters. The van der Waals surface area contributed by atoms with Crippen LogP contribution in [0.2, 0.25) is 10.0 Å². The molecule has 0 fully saturated rings. The Hall–Kier alpha value is -3.43. The lowest BCUT2D eigenvalue weighted by Gasteiger charge is -2.23. The summed E-state index contributed by atoms with van der Waals surface area (Å²) in [5, 5.41) is 20.8. The Morgan fingerprint density at radius 3 is 2.54 bits per heavy atom. The number of aryl methyl sites for hydroxylation is 1. The van der Waals surface area contributed by atoms with Gasteiger partial charge >= 0.3 is 0 Å². The number of hydrogen-bond donors (Lipinski definition) is 1. The van der Waals surface area contributed by atoms with E-state index in [1.165, 1.54) is 34.1 Å². The number of aliphatic hydroxyl groups is 1. The van der Waals surface area contributed by atoms with Crippen LogP contribution in [0.25, 0.3) is 6.08 Å². The van der Waals surface area contributed by atoms with Gasteiger partial charge in [0.15, 0.2) is 15.9 Å². The zero-order valence-corrected chi connectivity index (χ0v) is 23.7. The maximum Gasteiger partial charge on any atom is 0.296 e. The van der Waals surface area contributed by atoms with Crippen LogP contribution in [0.15, 0.2) is 94.5 Å². The van der Waals surface area contributed by atoms with E-state index in [1.54, 1.807) is 18.2 Å². The van der Waals surface area contributed by atoms with Gasteiger partial charge in [-0.25, -0.2) is 0 Å². The first-order valence-corrected chi connectivity index (χ1v) is 14.4. The number of halogens is 2. The molecule has 0 saturated heterocycles. The fourth-order valence-corrected chi connectivity index (χ4v) is 6.51. The number of nitrogens with zero attached hydrogens (tertiary/aromatic N) is 3. The SMILES string of the molecule is Cc1ccc(C2C(C(=O)/C=C/c3ccccc3)=C(O)C(=O)N2c2nnc(SCc3ccc(Cl)cc3Cl)s2)cc1. The van der Waals surface area contributed by atoms with Crippen LogP contribution in [-0.2, 0) is 15.3 Å². The van der Waals surface area contributed by atoms with Gasteiger partial charge in [0.1, 0.15) is 0 Å². The fourth-order valence-electron chi connectivity index (χ4n) is 4.08. The number of rotatable bonds is 8. The number of carbonyl (C=O) groups excluding carboxylic acids is 2. The Bertz CT molecular complexity index is 1600. The average molecular weight is 595 g/mol. The molecule has 6 nitrogen and oxygen atoms in total. The van der Waals surface area contributed by atoms with Crippen LogP contribution in [0.5, 0.6) is 0 Å². The predicted molar refractivity (Wildman–Crippen MR) is 157 cm³/mol. The van der Waals surface area contributed by atoms with E-state index in [0.717, 1.165) is 16.7 Å². The van der Waals surface area contributed by atoms with Crippen molar-refractivity contribution in [3.63, 3.8) is 0 Å². The number of benzene rings is 3. The van der Waals surface area contributed by atoms with Gasteiger partial charge in [-0.05, 0) is 41.8 Å². The molecule has 1 unspecified atom stereocenters. The molecule has 1 N–H and O–H groups in total. The zero-order chi connectivity index (χ0) is 27.5. The number of thioether (sulfide) groups is 1. The molecular weight excluding hydrogens is 573 g/mol. The normalized spacial score (nSPS) is 15.5. The first kappa shape index (κ1) is 27.1. The number of carbonyl (C=O) groups is 2. The Morgan fingerprint density at radius 2 is 1.82 bits per heavy atom. The lowest BCUT2D eigenvalue weighted by atomic mass is 9.95. The van der Waals surface area contributed by atoms with Crippen molar-refractivity contribution in [2.75, 3.05) is 4.90 Å². The van der Waals surface area contributed by atoms with Gasteiger partial charge in [-0.2, -0.15) is 0 Å². The molecule has 196 valence electrons. The zero-order valence-electron chi connectivity index (χ0n) is 20.5. The third kappa shape index (κ3) is 5.94. The van der Waals surface area contributed by atoms with E-state index in [4.69, 9.17) is 23.2 Å². The molecule has 0 bridgehead atoms. The summed E-state index contributed by atoms with van der Waals surface area (Å²) >= 11 is 14.9.